The normalized spacial score (nSPS) is 13.2. The van der Waals surface area contributed by atoms with Gasteiger partial charge < -0.3 is 0 Å². The van der Waals surface area contributed by atoms with Crippen LogP contribution >= 0.6 is 0 Å². The van der Waals surface area contributed by atoms with E-state index < -0.39 is 0 Å². The average molecular weight is 212 g/mol. The summed E-state index contributed by atoms with van der Waals surface area (Å²) in [5, 5.41) is 0. The second kappa shape index (κ2) is 6.12. The maximum atomic E-state index is 3.88. The summed E-state index contributed by atoms with van der Waals surface area (Å²) in [5.41, 5.74) is 3.90. The summed E-state index contributed by atoms with van der Waals surface area (Å²) < 4.78 is 0. The summed E-state index contributed by atoms with van der Waals surface area (Å²) in [6.45, 7) is 12.0. The minimum Gasteiger partial charge on any atom is -0.0991 e. The molecule has 1 rings (SSSR count). The minimum atomic E-state index is 0.426. The molecule has 1 aromatic rings. The van der Waals surface area contributed by atoms with E-state index in [1.165, 1.54) is 16.7 Å². The van der Waals surface area contributed by atoms with Crippen LogP contribution in [0.25, 0.3) is 0 Å². The van der Waals surface area contributed by atoms with Crippen LogP contribution in [-0.4, -0.2) is 0 Å². The summed E-state index contributed by atoms with van der Waals surface area (Å²) >= 11 is 0. The topological polar surface area (TPSA) is 0 Å². The second-order valence-electron chi connectivity index (χ2n) is 3.98. The summed E-state index contributed by atoms with van der Waals surface area (Å²) in [6.07, 6.45) is 6.88. The molecule has 0 amide bonds. The van der Waals surface area contributed by atoms with Crippen molar-refractivity contribution in [1.82, 2.24) is 0 Å². The summed E-state index contributed by atoms with van der Waals surface area (Å²) in [6, 6.07) is 8.67. The van der Waals surface area contributed by atoms with Crippen molar-refractivity contribution in [3.8, 4) is 0 Å². The molecule has 0 saturated carbocycles. The third kappa shape index (κ3) is 2.96. The molecule has 1 unspecified atom stereocenters. The molecule has 0 nitrogen and oxygen atoms in total. The van der Waals surface area contributed by atoms with Gasteiger partial charge in [0.25, 0.3) is 0 Å². The number of allylic oxidation sites excluding steroid dienone is 4. The fourth-order valence-corrected chi connectivity index (χ4v) is 2.01. The molecule has 0 fully saturated rings. The number of benzene rings is 1. The first-order valence-corrected chi connectivity index (χ1v) is 5.74. The van der Waals surface area contributed by atoms with Gasteiger partial charge in [-0.3, -0.25) is 0 Å². The smallest absolute Gasteiger partial charge is 0.00866 e. The molecular weight excluding hydrogens is 192 g/mol. The summed E-state index contributed by atoms with van der Waals surface area (Å²) in [5.74, 6) is 0.426. The molecule has 16 heavy (non-hydrogen) atoms. The zero-order valence-electron chi connectivity index (χ0n) is 10.2. The Hall–Kier alpha value is -1.56. The lowest BCUT2D eigenvalue weighted by molar-refractivity contribution is 0.776. The first-order valence-electron chi connectivity index (χ1n) is 5.74. The number of rotatable bonds is 5. The van der Waals surface area contributed by atoms with Crippen LogP contribution in [0.3, 0.4) is 0 Å². The minimum absolute atomic E-state index is 0.426. The lowest BCUT2D eigenvalue weighted by Gasteiger charge is -2.17. The first kappa shape index (κ1) is 12.5. The van der Waals surface area contributed by atoms with Crippen molar-refractivity contribution in [3.63, 3.8) is 0 Å². The van der Waals surface area contributed by atoms with E-state index in [1.54, 1.807) is 0 Å². The molecule has 1 atom stereocenters. The van der Waals surface area contributed by atoms with Crippen LogP contribution < -0.4 is 0 Å². The number of aryl methyl sites for hydroxylation is 1. The van der Waals surface area contributed by atoms with Gasteiger partial charge in [0.15, 0.2) is 0 Å². The first-order chi connectivity index (χ1) is 7.72. The summed E-state index contributed by atoms with van der Waals surface area (Å²) in [7, 11) is 0. The second-order valence-corrected chi connectivity index (χ2v) is 3.98. The van der Waals surface area contributed by atoms with Crippen molar-refractivity contribution in [1.29, 1.82) is 0 Å². The third-order valence-corrected chi connectivity index (χ3v) is 2.80. The Kier molecular flexibility index (Phi) is 4.78. The zero-order valence-corrected chi connectivity index (χ0v) is 10.2. The average Bonchev–Trinajstić information content (AvgIpc) is 2.29. The summed E-state index contributed by atoms with van der Waals surface area (Å²) in [4.78, 5) is 0. The fourth-order valence-electron chi connectivity index (χ4n) is 2.01. The van der Waals surface area contributed by atoms with Crippen molar-refractivity contribution in [2.24, 2.45) is 0 Å². The Morgan fingerprint density at radius 1 is 1.38 bits per heavy atom. The maximum Gasteiger partial charge on any atom is 0.00866 e. The molecule has 1 aromatic carbocycles. The highest BCUT2D eigenvalue weighted by atomic mass is 14.2. The van der Waals surface area contributed by atoms with E-state index in [0.29, 0.717) is 5.92 Å². The van der Waals surface area contributed by atoms with Gasteiger partial charge >= 0.3 is 0 Å². The highest BCUT2D eigenvalue weighted by molar-refractivity contribution is 5.37. The standard InChI is InChI=1S/C16H20/c1-5-9-14(6-2)16(7-3)15-11-8-10-13(4)12-15/h5-6,8-12,16H,1-2,7H2,3-4H3/b14-9+. The molecule has 0 aliphatic rings. The van der Waals surface area contributed by atoms with Crippen LogP contribution in [0.2, 0.25) is 0 Å². The molecule has 0 saturated heterocycles. The number of hydrogen-bond donors (Lipinski definition) is 0. The largest absolute Gasteiger partial charge is 0.0991 e. The molecule has 0 heterocycles. The molecule has 0 radical (unpaired) electrons. The van der Waals surface area contributed by atoms with E-state index in [1.807, 2.05) is 18.2 Å². The van der Waals surface area contributed by atoms with Crippen LogP contribution in [0.15, 0.2) is 61.2 Å². The van der Waals surface area contributed by atoms with Gasteiger partial charge in [-0.25, -0.2) is 0 Å². The molecule has 0 aliphatic carbocycles. The Morgan fingerprint density at radius 2 is 2.12 bits per heavy atom. The predicted molar refractivity (Wildman–Crippen MR) is 72.7 cm³/mol. The quantitative estimate of drug-likeness (QED) is 0.616. The van der Waals surface area contributed by atoms with Crippen LogP contribution in [0.1, 0.15) is 30.4 Å². The maximum absolute atomic E-state index is 3.88. The van der Waals surface area contributed by atoms with Crippen LogP contribution in [0.5, 0.6) is 0 Å². The van der Waals surface area contributed by atoms with Crippen molar-refractivity contribution in [3.05, 3.63) is 72.4 Å². The van der Waals surface area contributed by atoms with E-state index in [9.17, 15) is 0 Å². The van der Waals surface area contributed by atoms with Gasteiger partial charge in [0.05, 0.1) is 0 Å². The van der Waals surface area contributed by atoms with E-state index >= 15 is 0 Å². The number of hydrogen-bond acceptors (Lipinski definition) is 0. The Morgan fingerprint density at radius 3 is 2.62 bits per heavy atom. The van der Waals surface area contributed by atoms with E-state index in [0.717, 1.165) is 6.42 Å². The van der Waals surface area contributed by atoms with Crippen molar-refractivity contribution in [2.75, 3.05) is 0 Å². The zero-order chi connectivity index (χ0) is 12.0. The monoisotopic (exact) mass is 212 g/mol. The Balaban J connectivity index is 3.11. The predicted octanol–water partition coefficient (Wildman–Crippen LogP) is 4.79. The van der Waals surface area contributed by atoms with Gasteiger partial charge in [-0.1, -0.05) is 68.1 Å². The molecule has 0 N–H and O–H groups in total. The lowest BCUT2D eigenvalue weighted by atomic mass is 9.88. The van der Waals surface area contributed by atoms with E-state index in [4.69, 9.17) is 0 Å². The molecular formula is C16H20. The highest BCUT2D eigenvalue weighted by Gasteiger charge is 2.11. The highest BCUT2D eigenvalue weighted by Crippen LogP contribution is 2.28. The molecule has 0 bridgehead atoms. The fraction of sp³-hybridized carbons (Fsp3) is 0.250. The molecule has 0 heteroatoms. The van der Waals surface area contributed by atoms with Gasteiger partial charge in [0.2, 0.25) is 0 Å². The van der Waals surface area contributed by atoms with Crippen LogP contribution in [0.4, 0.5) is 0 Å². The van der Waals surface area contributed by atoms with E-state index in [-0.39, 0.29) is 0 Å². The molecule has 0 aromatic heterocycles. The van der Waals surface area contributed by atoms with Gasteiger partial charge in [-0.05, 0) is 24.5 Å². The van der Waals surface area contributed by atoms with Crippen molar-refractivity contribution >= 4 is 0 Å². The van der Waals surface area contributed by atoms with Gasteiger partial charge in [0.1, 0.15) is 0 Å². The van der Waals surface area contributed by atoms with Gasteiger partial charge in [-0.15, -0.1) is 0 Å². The van der Waals surface area contributed by atoms with Gasteiger partial charge in [-0.2, -0.15) is 0 Å². The third-order valence-electron chi connectivity index (χ3n) is 2.80. The lowest BCUT2D eigenvalue weighted by Crippen LogP contribution is -2.00. The van der Waals surface area contributed by atoms with Crippen LogP contribution in [0, 0.1) is 6.92 Å². The molecule has 84 valence electrons. The SMILES string of the molecule is C=C/C=C(\C=C)C(CC)c1cccc(C)c1. The Labute approximate surface area is 99.0 Å². The van der Waals surface area contributed by atoms with Crippen molar-refractivity contribution < 1.29 is 0 Å². The molecule has 0 aliphatic heterocycles. The Bertz CT molecular complexity index is 396. The molecule has 0 spiro atoms. The van der Waals surface area contributed by atoms with Gasteiger partial charge in [0, 0.05) is 5.92 Å². The van der Waals surface area contributed by atoms with Crippen molar-refractivity contribution in [2.45, 2.75) is 26.2 Å². The van der Waals surface area contributed by atoms with E-state index in [2.05, 4.69) is 51.3 Å². The van der Waals surface area contributed by atoms with Crippen LogP contribution in [-0.2, 0) is 0 Å².